The second-order valence-electron chi connectivity index (χ2n) is 3.97. The quantitative estimate of drug-likeness (QED) is 0.466. The molecule has 86 valence electrons. The van der Waals surface area contributed by atoms with Crippen molar-refractivity contribution in [1.29, 1.82) is 0 Å². The van der Waals surface area contributed by atoms with Crippen molar-refractivity contribution in [3.63, 3.8) is 0 Å². The van der Waals surface area contributed by atoms with E-state index in [9.17, 15) is 0 Å². The summed E-state index contributed by atoms with van der Waals surface area (Å²) in [6.45, 7) is 4.44. The lowest BCUT2D eigenvalue weighted by molar-refractivity contribution is 0.631. The van der Waals surface area contributed by atoms with E-state index in [1.165, 1.54) is 6.42 Å². The summed E-state index contributed by atoms with van der Waals surface area (Å²) in [6.07, 6.45) is 1.17. The molecule has 0 atom stereocenters. The molecular formula is C11H13ClN2S2. The molecule has 2 rings (SSSR count). The molecule has 0 aliphatic carbocycles. The van der Waals surface area contributed by atoms with E-state index in [1.54, 1.807) is 23.1 Å². The number of aromatic nitrogens is 2. The molecule has 2 heterocycles. The molecule has 0 bridgehead atoms. The second-order valence-corrected chi connectivity index (χ2v) is 6.28. The minimum absolute atomic E-state index is 0.568. The number of fused-ring (bicyclic) bond motifs is 1. The van der Waals surface area contributed by atoms with Crippen molar-refractivity contribution in [3.05, 3.63) is 16.6 Å². The number of thiophene rings is 1. The van der Waals surface area contributed by atoms with Gasteiger partial charge in [-0.2, -0.15) is 0 Å². The Hall–Kier alpha value is -0.320. The summed E-state index contributed by atoms with van der Waals surface area (Å²) < 4.78 is 0. The summed E-state index contributed by atoms with van der Waals surface area (Å²) in [5.41, 5.74) is 0. The largest absolute Gasteiger partial charge is 0.211 e. The number of nitrogens with zero attached hydrogens (tertiary/aromatic N) is 2. The number of hydrogen-bond donors (Lipinski definition) is 0. The zero-order valence-electron chi connectivity index (χ0n) is 9.24. The molecule has 2 aromatic rings. The lowest BCUT2D eigenvalue weighted by Gasteiger charge is -2.03. The Morgan fingerprint density at radius 1 is 1.44 bits per heavy atom. The first-order chi connectivity index (χ1) is 7.66. The number of rotatable bonds is 4. The van der Waals surface area contributed by atoms with Crippen LogP contribution in [0.4, 0.5) is 0 Å². The van der Waals surface area contributed by atoms with Gasteiger partial charge >= 0.3 is 0 Å². The highest BCUT2D eigenvalue weighted by atomic mass is 35.5. The van der Waals surface area contributed by atoms with Crippen LogP contribution in [0.1, 0.15) is 20.3 Å². The number of hydrogen-bond acceptors (Lipinski definition) is 4. The van der Waals surface area contributed by atoms with Gasteiger partial charge in [0, 0.05) is 11.1 Å². The highest BCUT2D eigenvalue weighted by Crippen LogP contribution is 2.28. The summed E-state index contributed by atoms with van der Waals surface area (Å²) in [6, 6.07) is 1.96. The van der Waals surface area contributed by atoms with Crippen LogP contribution in [-0.2, 0) is 0 Å². The fraction of sp³-hybridized carbons (Fsp3) is 0.455. The highest BCUT2D eigenvalue weighted by Gasteiger charge is 2.07. The van der Waals surface area contributed by atoms with Gasteiger partial charge in [-0.25, -0.2) is 9.97 Å². The van der Waals surface area contributed by atoms with E-state index in [0.717, 1.165) is 21.1 Å². The van der Waals surface area contributed by atoms with Gasteiger partial charge in [0.05, 0.1) is 0 Å². The molecule has 0 fully saturated rings. The van der Waals surface area contributed by atoms with Crippen molar-refractivity contribution in [2.24, 2.45) is 5.92 Å². The summed E-state index contributed by atoms with van der Waals surface area (Å²) in [5, 5.41) is 4.31. The van der Waals surface area contributed by atoms with Crippen LogP contribution in [0.25, 0.3) is 10.2 Å². The van der Waals surface area contributed by atoms with Crippen LogP contribution in [-0.4, -0.2) is 15.7 Å². The zero-order chi connectivity index (χ0) is 11.5. The van der Waals surface area contributed by atoms with E-state index >= 15 is 0 Å². The van der Waals surface area contributed by atoms with Crippen LogP contribution in [0.3, 0.4) is 0 Å². The Morgan fingerprint density at radius 2 is 2.25 bits per heavy atom. The Morgan fingerprint density at radius 3 is 3.00 bits per heavy atom. The molecule has 0 aliphatic rings. The van der Waals surface area contributed by atoms with Crippen molar-refractivity contribution < 1.29 is 0 Å². The molecule has 2 aromatic heterocycles. The molecule has 0 radical (unpaired) electrons. The lowest BCUT2D eigenvalue weighted by atomic mass is 10.2. The molecule has 0 unspecified atom stereocenters. The zero-order valence-corrected chi connectivity index (χ0v) is 11.6. The summed E-state index contributed by atoms with van der Waals surface area (Å²) in [5.74, 6) is 1.76. The Balaban J connectivity index is 2.12. The van der Waals surface area contributed by atoms with Crippen LogP contribution >= 0.6 is 34.7 Å². The van der Waals surface area contributed by atoms with E-state index in [4.69, 9.17) is 11.6 Å². The van der Waals surface area contributed by atoms with Crippen LogP contribution < -0.4 is 0 Å². The molecule has 5 heteroatoms. The lowest BCUT2D eigenvalue weighted by Crippen LogP contribution is -1.92. The first-order valence-electron chi connectivity index (χ1n) is 5.20. The molecular weight excluding hydrogens is 260 g/mol. The van der Waals surface area contributed by atoms with Crippen LogP contribution in [0, 0.1) is 5.92 Å². The Bertz CT molecular complexity index is 482. The predicted octanol–water partition coefficient (Wildman–Crippen LogP) is 4.48. The van der Waals surface area contributed by atoms with Gasteiger partial charge in [-0.3, -0.25) is 0 Å². The van der Waals surface area contributed by atoms with Gasteiger partial charge < -0.3 is 0 Å². The van der Waals surface area contributed by atoms with Gasteiger partial charge in [0.15, 0.2) is 5.16 Å². The minimum Gasteiger partial charge on any atom is -0.211 e. The maximum Gasteiger partial charge on any atom is 0.190 e. The van der Waals surface area contributed by atoms with Gasteiger partial charge in [0.1, 0.15) is 9.98 Å². The molecule has 2 nitrogen and oxygen atoms in total. The minimum atomic E-state index is 0.568. The summed E-state index contributed by atoms with van der Waals surface area (Å²) in [4.78, 5) is 9.75. The standard InChI is InChI=1S/C11H13ClN2S2/c1-7(2)3-5-16-11-13-9(12)8-4-6-15-10(8)14-11/h4,6-7H,3,5H2,1-2H3. The van der Waals surface area contributed by atoms with E-state index in [-0.39, 0.29) is 0 Å². The maximum atomic E-state index is 6.09. The van der Waals surface area contributed by atoms with Crippen LogP contribution in [0.15, 0.2) is 16.6 Å². The van der Waals surface area contributed by atoms with Crippen LogP contribution in [0.5, 0.6) is 0 Å². The number of thioether (sulfide) groups is 1. The van der Waals surface area contributed by atoms with Crippen molar-refractivity contribution in [2.45, 2.75) is 25.4 Å². The third-order valence-electron chi connectivity index (χ3n) is 2.18. The third kappa shape index (κ3) is 2.87. The Labute approximate surface area is 108 Å². The topological polar surface area (TPSA) is 25.8 Å². The van der Waals surface area contributed by atoms with Crippen molar-refractivity contribution >= 4 is 44.9 Å². The highest BCUT2D eigenvalue weighted by molar-refractivity contribution is 7.99. The molecule has 0 amide bonds. The molecule has 0 saturated carbocycles. The van der Waals surface area contributed by atoms with E-state index in [1.807, 2.05) is 11.4 Å². The van der Waals surface area contributed by atoms with Gasteiger partial charge in [-0.05, 0) is 23.8 Å². The molecule has 0 aromatic carbocycles. The maximum absolute atomic E-state index is 6.09. The average molecular weight is 273 g/mol. The molecule has 16 heavy (non-hydrogen) atoms. The smallest absolute Gasteiger partial charge is 0.190 e. The van der Waals surface area contributed by atoms with Crippen LogP contribution in [0.2, 0.25) is 5.15 Å². The number of halogens is 1. The van der Waals surface area contributed by atoms with Gasteiger partial charge in [0.2, 0.25) is 0 Å². The van der Waals surface area contributed by atoms with Crippen molar-refractivity contribution in [3.8, 4) is 0 Å². The first-order valence-corrected chi connectivity index (χ1v) is 7.44. The van der Waals surface area contributed by atoms with E-state index in [0.29, 0.717) is 11.1 Å². The van der Waals surface area contributed by atoms with Gasteiger partial charge in [0.25, 0.3) is 0 Å². The summed E-state index contributed by atoms with van der Waals surface area (Å²) >= 11 is 9.37. The molecule has 0 spiro atoms. The van der Waals surface area contributed by atoms with E-state index in [2.05, 4.69) is 23.8 Å². The average Bonchev–Trinajstić information content (AvgIpc) is 2.65. The van der Waals surface area contributed by atoms with Gasteiger partial charge in [-0.1, -0.05) is 37.2 Å². The van der Waals surface area contributed by atoms with Crippen molar-refractivity contribution in [1.82, 2.24) is 9.97 Å². The monoisotopic (exact) mass is 272 g/mol. The van der Waals surface area contributed by atoms with E-state index < -0.39 is 0 Å². The fourth-order valence-electron chi connectivity index (χ4n) is 1.25. The second kappa shape index (κ2) is 5.34. The molecule has 0 N–H and O–H groups in total. The van der Waals surface area contributed by atoms with Gasteiger partial charge in [-0.15, -0.1) is 11.3 Å². The first kappa shape index (κ1) is 12.1. The fourth-order valence-corrected chi connectivity index (χ4v) is 3.50. The van der Waals surface area contributed by atoms with Crippen molar-refractivity contribution in [2.75, 3.05) is 5.75 Å². The SMILES string of the molecule is CC(C)CCSc1nc(Cl)c2ccsc2n1. The predicted molar refractivity (Wildman–Crippen MR) is 72.6 cm³/mol. The molecule has 0 aliphatic heterocycles. The normalized spacial score (nSPS) is 11.5. The summed E-state index contributed by atoms with van der Waals surface area (Å²) in [7, 11) is 0. The third-order valence-corrected chi connectivity index (χ3v) is 4.16. The molecule has 0 saturated heterocycles. The Kier molecular flexibility index (Phi) is 4.05.